The van der Waals surface area contributed by atoms with Crippen LogP contribution in [0.4, 0.5) is 5.69 Å². The first-order valence-electron chi connectivity index (χ1n) is 10.1. The van der Waals surface area contributed by atoms with E-state index >= 15 is 0 Å². The molecule has 1 spiro atoms. The molecule has 2 heterocycles. The quantitative estimate of drug-likeness (QED) is 0.559. The molecule has 2 aliphatic heterocycles. The van der Waals surface area contributed by atoms with Crippen LogP contribution >= 0.6 is 27.7 Å². The molecule has 6 heteroatoms. The van der Waals surface area contributed by atoms with Crippen LogP contribution in [0.15, 0.2) is 82.2 Å². The SMILES string of the molecule is Cc1ccc(SC2C(=O)NC(c3ccccc3)C23C(=O)N(C)c2ccc(Br)cc23)cc1. The highest BCUT2D eigenvalue weighted by Gasteiger charge is 2.66. The first kappa shape index (κ1) is 20.3. The lowest BCUT2D eigenvalue weighted by atomic mass is 9.72. The molecule has 0 bridgehead atoms. The molecule has 5 rings (SSSR count). The van der Waals surface area contributed by atoms with E-state index in [4.69, 9.17) is 0 Å². The summed E-state index contributed by atoms with van der Waals surface area (Å²) in [5, 5.41) is 2.58. The van der Waals surface area contributed by atoms with Gasteiger partial charge in [-0.15, -0.1) is 11.8 Å². The Morgan fingerprint density at radius 2 is 1.71 bits per heavy atom. The standard InChI is InChI=1S/C25H21BrN2O2S/c1-15-8-11-18(12-9-15)31-22-23(29)27-21(16-6-4-3-5-7-16)25(22)19-14-17(26)10-13-20(19)28(2)24(25)30/h3-14,21-22H,1-2H3,(H,27,29). The van der Waals surface area contributed by atoms with Gasteiger partial charge in [-0.05, 0) is 48.4 Å². The Morgan fingerprint density at radius 3 is 2.42 bits per heavy atom. The Morgan fingerprint density at radius 1 is 1.00 bits per heavy atom. The Kier molecular flexibility index (Phi) is 4.94. The molecule has 1 N–H and O–H groups in total. The van der Waals surface area contributed by atoms with Gasteiger partial charge in [0, 0.05) is 22.1 Å². The van der Waals surface area contributed by atoms with E-state index in [0.29, 0.717) is 0 Å². The summed E-state index contributed by atoms with van der Waals surface area (Å²) in [6, 6.07) is 23.3. The highest BCUT2D eigenvalue weighted by atomic mass is 79.9. The predicted octanol–water partition coefficient (Wildman–Crippen LogP) is 5.00. The predicted molar refractivity (Wildman–Crippen MR) is 127 cm³/mol. The maximum absolute atomic E-state index is 14.0. The lowest BCUT2D eigenvalue weighted by Gasteiger charge is -2.33. The number of halogens is 1. The van der Waals surface area contributed by atoms with Gasteiger partial charge in [0.25, 0.3) is 0 Å². The molecular formula is C25H21BrN2O2S. The lowest BCUT2D eigenvalue weighted by molar-refractivity contribution is -0.125. The summed E-state index contributed by atoms with van der Waals surface area (Å²) < 4.78 is 0.888. The minimum absolute atomic E-state index is 0.0579. The minimum Gasteiger partial charge on any atom is -0.347 e. The van der Waals surface area contributed by atoms with Gasteiger partial charge in [-0.25, -0.2) is 0 Å². The highest BCUT2D eigenvalue weighted by Crippen LogP contribution is 2.57. The zero-order chi connectivity index (χ0) is 21.8. The molecule has 2 amide bonds. The van der Waals surface area contributed by atoms with Gasteiger partial charge in [0.2, 0.25) is 11.8 Å². The van der Waals surface area contributed by atoms with Crippen molar-refractivity contribution >= 4 is 45.2 Å². The Hall–Kier alpha value is -2.57. The van der Waals surface area contributed by atoms with Gasteiger partial charge in [-0.1, -0.05) is 64.0 Å². The van der Waals surface area contributed by atoms with Gasteiger partial charge in [-0.3, -0.25) is 9.59 Å². The van der Waals surface area contributed by atoms with Crippen LogP contribution in [0.2, 0.25) is 0 Å². The smallest absolute Gasteiger partial charge is 0.241 e. The first-order chi connectivity index (χ1) is 14.9. The van der Waals surface area contributed by atoms with E-state index in [0.717, 1.165) is 31.7 Å². The summed E-state index contributed by atoms with van der Waals surface area (Å²) in [6.45, 7) is 2.03. The average Bonchev–Trinajstić information content (AvgIpc) is 3.18. The Balaban J connectivity index is 1.73. The van der Waals surface area contributed by atoms with Gasteiger partial charge in [0.15, 0.2) is 0 Å². The maximum Gasteiger partial charge on any atom is 0.241 e. The van der Waals surface area contributed by atoms with E-state index in [-0.39, 0.29) is 11.8 Å². The number of nitrogens with zero attached hydrogens (tertiary/aromatic N) is 1. The third-order valence-corrected chi connectivity index (χ3v) is 8.08. The van der Waals surface area contributed by atoms with Crippen LogP contribution in [0.1, 0.15) is 22.7 Å². The summed E-state index contributed by atoms with van der Waals surface area (Å²) >= 11 is 5.04. The second-order valence-electron chi connectivity index (χ2n) is 8.06. The van der Waals surface area contributed by atoms with Gasteiger partial charge >= 0.3 is 0 Å². The third kappa shape index (κ3) is 3.04. The number of aryl methyl sites for hydroxylation is 1. The molecule has 0 saturated carbocycles. The number of thioether (sulfide) groups is 1. The van der Waals surface area contributed by atoms with E-state index in [1.807, 2.05) is 79.7 Å². The van der Waals surface area contributed by atoms with Crippen LogP contribution in [0.5, 0.6) is 0 Å². The zero-order valence-corrected chi connectivity index (χ0v) is 19.5. The van der Waals surface area contributed by atoms with E-state index in [2.05, 4.69) is 21.2 Å². The van der Waals surface area contributed by atoms with Crippen molar-refractivity contribution in [2.24, 2.45) is 0 Å². The van der Waals surface area contributed by atoms with Crippen molar-refractivity contribution in [2.45, 2.75) is 28.5 Å². The van der Waals surface area contributed by atoms with Crippen LogP contribution in [0.25, 0.3) is 0 Å². The molecule has 0 aromatic heterocycles. The molecule has 3 aromatic rings. The van der Waals surface area contributed by atoms with Gasteiger partial charge in [0.05, 0.1) is 6.04 Å². The minimum atomic E-state index is -1.04. The number of benzene rings is 3. The normalized spacial score (nSPS) is 24.5. The van der Waals surface area contributed by atoms with E-state index in [1.54, 1.807) is 11.9 Å². The van der Waals surface area contributed by atoms with E-state index in [9.17, 15) is 9.59 Å². The fourth-order valence-electron chi connectivity index (χ4n) is 4.75. The van der Waals surface area contributed by atoms with Crippen molar-refractivity contribution in [1.82, 2.24) is 5.32 Å². The van der Waals surface area contributed by atoms with Crippen LogP contribution in [-0.2, 0) is 15.0 Å². The van der Waals surface area contributed by atoms with Gasteiger partial charge in [-0.2, -0.15) is 0 Å². The first-order valence-corrected chi connectivity index (χ1v) is 11.8. The average molecular weight is 493 g/mol. The molecule has 3 atom stereocenters. The number of hydrogen-bond acceptors (Lipinski definition) is 3. The molecule has 1 saturated heterocycles. The molecule has 0 aliphatic carbocycles. The fraction of sp³-hybridized carbons (Fsp3) is 0.200. The summed E-state index contributed by atoms with van der Waals surface area (Å²) in [5.41, 5.74) is 2.77. The van der Waals surface area contributed by atoms with Gasteiger partial charge in [0.1, 0.15) is 10.7 Å². The van der Waals surface area contributed by atoms with Gasteiger partial charge < -0.3 is 10.2 Å². The number of carbonyl (C=O) groups is 2. The van der Waals surface area contributed by atoms with Crippen molar-refractivity contribution in [2.75, 3.05) is 11.9 Å². The monoisotopic (exact) mass is 492 g/mol. The molecule has 3 unspecified atom stereocenters. The van der Waals surface area contributed by atoms with Crippen molar-refractivity contribution in [1.29, 1.82) is 0 Å². The van der Waals surface area contributed by atoms with Crippen LogP contribution < -0.4 is 10.2 Å². The largest absolute Gasteiger partial charge is 0.347 e. The molecule has 156 valence electrons. The van der Waals surface area contributed by atoms with Crippen molar-refractivity contribution in [3.8, 4) is 0 Å². The second-order valence-corrected chi connectivity index (χ2v) is 10.2. The van der Waals surface area contributed by atoms with Crippen molar-refractivity contribution in [3.05, 3.63) is 94.0 Å². The summed E-state index contributed by atoms with van der Waals surface area (Å²) in [5.74, 6) is -0.175. The molecule has 4 nitrogen and oxygen atoms in total. The number of amides is 2. The van der Waals surface area contributed by atoms with Crippen LogP contribution in [0.3, 0.4) is 0 Å². The second kappa shape index (κ2) is 7.53. The van der Waals surface area contributed by atoms with Crippen LogP contribution in [0, 0.1) is 6.92 Å². The van der Waals surface area contributed by atoms with Crippen molar-refractivity contribution < 1.29 is 9.59 Å². The number of likely N-dealkylation sites (N-methyl/N-ethyl adjacent to an activating group) is 1. The Labute approximate surface area is 194 Å². The number of hydrogen-bond donors (Lipinski definition) is 1. The summed E-state index contributed by atoms with van der Waals surface area (Å²) in [4.78, 5) is 30.1. The fourth-order valence-corrected chi connectivity index (χ4v) is 6.40. The lowest BCUT2D eigenvalue weighted by Crippen LogP contribution is -2.48. The maximum atomic E-state index is 14.0. The van der Waals surface area contributed by atoms with Crippen LogP contribution in [-0.4, -0.2) is 24.1 Å². The molecule has 1 fully saturated rings. The number of fused-ring (bicyclic) bond motifs is 2. The van der Waals surface area contributed by atoms with Crippen molar-refractivity contribution in [3.63, 3.8) is 0 Å². The zero-order valence-electron chi connectivity index (χ0n) is 17.1. The number of nitrogens with one attached hydrogen (secondary N) is 1. The van der Waals surface area contributed by atoms with E-state index in [1.165, 1.54) is 11.8 Å². The summed E-state index contributed by atoms with van der Waals surface area (Å²) in [7, 11) is 1.79. The third-order valence-electron chi connectivity index (χ3n) is 6.23. The number of rotatable bonds is 3. The highest BCUT2D eigenvalue weighted by molar-refractivity contribution is 9.10. The number of anilines is 1. The molecule has 3 aromatic carbocycles. The van der Waals surface area contributed by atoms with E-state index < -0.39 is 16.7 Å². The molecule has 31 heavy (non-hydrogen) atoms. The molecule has 0 radical (unpaired) electrons. The summed E-state index contributed by atoms with van der Waals surface area (Å²) in [6.07, 6.45) is 0. The molecule has 2 aliphatic rings. The Bertz CT molecular complexity index is 1180. The topological polar surface area (TPSA) is 49.4 Å². The molecular weight excluding hydrogens is 472 g/mol. The number of carbonyl (C=O) groups excluding carboxylic acids is 2.